The van der Waals surface area contributed by atoms with Crippen LogP contribution in [0.4, 0.5) is 0 Å². The van der Waals surface area contributed by atoms with Crippen LogP contribution < -0.4 is 0 Å². The third kappa shape index (κ3) is 2.38. The van der Waals surface area contributed by atoms with Crippen molar-refractivity contribution in [2.24, 2.45) is 0 Å². The van der Waals surface area contributed by atoms with E-state index < -0.39 is 0 Å². The van der Waals surface area contributed by atoms with Crippen LogP contribution in [0.2, 0.25) is 0 Å². The van der Waals surface area contributed by atoms with Gasteiger partial charge in [-0.3, -0.25) is 0 Å². The van der Waals surface area contributed by atoms with E-state index in [2.05, 4.69) is 0 Å². The van der Waals surface area contributed by atoms with Crippen LogP contribution in [-0.4, -0.2) is 10.2 Å². The standard InChI is InChI=1S/C18H16O3/c1-11-12(2)18(14-5-9-16(20)10-6-14)21-17(11)13-3-7-15(19)8-4-13/h3-10,19-20H,1-2H3. The number of phenols is 2. The number of hydrogen-bond acceptors (Lipinski definition) is 3. The third-order valence-corrected chi connectivity index (χ3v) is 3.71. The predicted molar refractivity (Wildman–Crippen MR) is 82.4 cm³/mol. The van der Waals surface area contributed by atoms with E-state index in [0.29, 0.717) is 0 Å². The molecule has 2 aromatic carbocycles. The van der Waals surface area contributed by atoms with Gasteiger partial charge in [0.25, 0.3) is 0 Å². The number of furan rings is 1. The maximum atomic E-state index is 9.38. The van der Waals surface area contributed by atoms with Crippen molar-refractivity contribution in [1.29, 1.82) is 0 Å². The van der Waals surface area contributed by atoms with E-state index >= 15 is 0 Å². The molecule has 0 radical (unpaired) electrons. The first kappa shape index (κ1) is 13.3. The van der Waals surface area contributed by atoms with Gasteiger partial charge in [-0.15, -0.1) is 0 Å². The number of benzene rings is 2. The molecule has 3 nitrogen and oxygen atoms in total. The third-order valence-electron chi connectivity index (χ3n) is 3.71. The monoisotopic (exact) mass is 280 g/mol. The summed E-state index contributed by atoms with van der Waals surface area (Å²) in [7, 11) is 0. The van der Waals surface area contributed by atoms with Gasteiger partial charge < -0.3 is 14.6 Å². The van der Waals surface area contributed by atoms with Gasteiger partial charge in [0.15, 0.2) is 0 Å². The molecule has 106 valence electrons. The fraction of sp³-hybridized carbons (Fsp3) is 0.111. The molecule has 0 aliphatic heterocycles. The highest BCUT2D eigenvalue weighted by atomic mass is 16.3. The number of aromatic hydroxyl groups is 2. The van der Waals surface area contributed by atoms with Gasteiger partial charge >= 0.3 is 0 Å². The van der Waals surface area contributed by atoms with E-state index in [1.54, 1.807) is 24.3 Å². The molecule has 0 saturated heterocycles. The lowest BCUT2D eigenvalue weighted by Gasteiger charge is -2.00. The molecule has 21 heavy (non-hydrogen) atoms. The Bertz CT molecular complexity index is 699. The largest absolute Gasteiger partial charge is 0.508 e. The smallest absolute Gasteiger partial charge is 0.137 e. The van der Waals surface area contributed by atoms with E-state index in [1.807, 2.05) is 38.1 Å². The molecule has 0 spiro atoms. The Morgan fingerprint density at radius 1 is 0.619 bits per heavy atom. The first-order valence-electron chi connectivity index (χ1n) is 6.75. The first-order valence-corrected chi connectivity index (χ1v) is 6.75. The summed E-state index contributed by atoms with van der Waals surface area (Å²) in [6, 6.07) is 13.9. The van der Waals surface area contributed by atoms with Gasteiger partial charge in [0.1, 0.15) is 23.0 Å². The van der Waals surface area contributed by atoms with E-state index in [4.69, 9.17) is 4.42 Å². The Kier molecular flexibility index (Phi) is 3.18. The summed E-state index contributed by atoms with van der Waals surface area (Å²) < 4.78 is 6.03. The number of hydrogen-bond donors (Lipinski definition) is 2. The zero-order valence-corrected chi connectivity index (χ0v) is 11.9. The van der Waals surface area contributed by atoms with Crippen molar-refractivity contribution >= 4 is 0 Å². The molecule has 0 bridgehead atoms. The van der Waals surface area contributed by atoms with Crippen LogP contribution >= 0.6 is 0 Å². The lowest BCUT2D eigenvalue weighted by Crippen LogP contribution is -1.79. The molecule has 0 aliphatic carbocycles. The summed E-state index contributed by atoms with van der Waals surface area (Å²) in [5.41, 5.74) is 4.00. The van der Waals surface area contributed by atoms with Crippen LogP contribution in [0.5, 0.6) is 11.5 Å². The second-order valence-corrected chi connectivity index (χ2v) is 5.10. The lowest BCUT2D eigenvalue weighted by molar-refractivity contribution is 0.475. The maximum absolute atomic E-state index is 9.38. The highest BCUT2D eigenvalue weighted by Gasteiger charge is 2.16. The molecule has 2 N–H and O–H groups in total. The quantitative estimate of drug-likeness (QED) is 0.719. The maximum Gasteiger partial charge on any atom is 0.137 e. The van der Waals surface area contributed by atoms with Crippen molar-refractivity contribution in [3.63, 3.8) is 0 Å². The predicted octanol–water partition coefficient (Wildman–Crippen LogP) is 4.64. The van der Waals surface area contributed by atoms with Crippen LogP contribution in [0.25, 0.3) is 22.6 Å². The van der Waals surface area contributed by atoms with Crippen LogP contribution in [0.3, 0.4) is 0 Å². The van der Waals surface area contributed by atoms with Crippen molar-refractivity contribution in [2.75, 3.05) is 0 Å². The summed E-state index contributed by atoms with van der Waals surface area (Å²) in [6.45, 7) is 4.04. The normalized spacial score (nSPS) is 10.8. The summed E-state index contributed by atoms with van der Waals surface area (Å²) in [5.74, 6) is 2.07. The molecule has 0 unspecified atom stereocenters. The Morgan fingerprint density at radius 2 is 0.952 bits per heavy atom. The molecule has 0 amide bonds. The SMILES string of the molecule is Cc1c(-c2ccc(O)cc2)oc(-c2ccc(O)cc2)c1C. The Morgan fingerprint density at radius 3 is 1.29 bits per heavy atom. The summed E-state index contributed by atoms with van der Waals surface area (Å²) >= 11 is 0. The molecule has 0 fully saturated rings. The fourth-order valence-electron chi connectivity index (χ4n) is 2.37. The van der Waals surface area contributed by atoms with E-state index in [9.17, 15) is 10.2 Å². The van der Waals surface area contributed by atoms with Gasteiger partial charge in [0.2, 0.25) is 0 Å². The summed E-state index contributed by atoms with van der Waals surface area (Å²) in [6.07, 6.45) is 0. The minimum Gasteiger partial charge on any atom is -0.508 e. The van der Waals surface area contributed by atoms with Crippen LogP contribution in [0.1, 0.15) is 11.1 Å². The Hall–Kier alpha value is -2.68. The Balaban J connectivity index is 2.11. The average Bonchev–Trinajstić information content (AvgIpc) is 2.78. The second-order valence-electron chi connectivity index (χ2n) is 5.10. The molecule has 3 rings (SSSR count). The zero-order chi connectivity index (χ0) is 15.0. The summed E-state index contributed by atoms with van der Waals surface area (Å²) in [5, 5.41) is 18.8. The minimum atomic E-state index is 0.235. The molecular formula is C18H16O3. The van der Waals surface area contributed by atoms with Crippen molar-refractivity contribution in [3.05, 3.63) is 59.7 Å². The highest BCUT2D eigenvalue weighted by molar-refractivity contribution is 5.72. The van der Waals surface area contributed by atoms with Gasteiger partial charge in [0, 0.05) is 11.1 Å². The van der Waals surface area contributed by atoms with Crippen LogP contribution in [-0.2, 0) is 0 Å². The molecular weight excluding hydrogens is 264 g/mol. The van der Waals surface area contributed by atoms with Crippen molar-refractivity contribution < 1.29 is 14.6 Å². The van der Waals surface area contributed by atoms with Gasteiger partial charge in [0.05, 0.1) is 0 Å². The Labute approximate surface area is 123 Å². The minimum absolute atomic E-state index is 0.235. The van der Waals surface area contributed by atoms with E-state index in [1.165, 1.54) is 0 Å². The topological polar surface area (TPSA) is 53.6 Å². The van der Waals surface area contributed by atoms with Crippen LogP contribution in [0, 0.1) is 13.8 Å². The van der Waals surface area contributed by atoms with Crippen molar-refractivity contribution in [2.45, 2.75) is 13.8 Å². The molecule has 0 atom stereocenters. The first-order chi connectivity index (χ1) is 10.1. The van der Waals surface area contributed by atoms with E-state index in [-0.39, 0.29) is 11.5 Å². The fourth-order valence-corrected chi connectivity index (χ4v) is 2.37. The van der Waals surface area contributed by atoms with Gasteiger partial charge in [-0.05, 0) is 73.5 Å². The molecule has 1 heterocycles. The molecule has 3 aromatic rings. The molecule has 3 heteroatoms. The van der Waals surface area contributed by atoms with Crippen LogP contribution in [0.15, 0.2) is 52.9 Å². The number of rotatable bonds is 2. The highest BCUT2D eigenvalue weighted by Crippen LogP contribution is 2.37. The number of phenolic OH excluding ortho intramolecular Hbond substituents is 2. The lowest BCUT2D eigenvalue weighted by atomic mass is 10.0. The van der Waals surface area contributed by atoms with E-state index in [0.717, 1.165) is 33.8 Å². The van der Waals surface area contributed by atoms with Crippen molar-refractivity contribution in [3.8, 4) is 34.1 Å². The summed E-state index contributed by atoms with van der Waals surface area (Å²) in [4.78, 5) is 0. The average molecular weight is 280 g/mol. The van der Waals surface area contributed by atoms with Gasteiger partial charge in [-0.1, -0.05) is 0 Å². The molecule has 1 aromatic heterocycles. The van der Waals surface area contributed by atoms with Gasteiger partial charge in [-0.2, -0.15) is 0 Å². The van der Waals surface area contributed by atoms with Crippen molar-refractivity contribution in [1.82, 2.24) is 0 Å². The second kappa shape index (κ2) is 5.02. The zero-order valence-electron chi connectivity index (χ0n) is 11.9. The molecule has 0 aliphatic rings. The molecule has 0 saturated carbocycles. The van der Waals surface area contributed by atoms with Gasteiger partial charge in [-0.25, -0.2) is 0 Å².